The number of rotatable bonds is 7. The Bertz CT molecular complexity index is 625. The summed E-state index contributed by atoms with van der Waals surface area (Å²) in [5.41, 5.74) is 0. The summed E-state index contributed by atoms with van der Waals surface area (Å²) in [6, 6.07) is -1.39. The van der Waals surface area contributed by atoms with Gasteiger partial charge in [0.05, 0.1) is 0 Å². The van der Waals surface area contributed by atoms with Crippen molar-refractivity contribution in [1.29, 1.82) is 0 Å². The molecule has 1 N–H and O–H groups in total. The van der Waals surface area contributed by atoms with Gasteiger partial charge in [-0.1, -0.05) is 0 Å². The molecule has 0 aromatic rings. The average molecular weight is 407 g/mol. The van der Waals surface area contributed by atoms with Crippen molar-refractivity contribution in [2.24, 2.45) is 0 Å². The molecule has 0 spiro atoms. The van der Waals surface area contributed by atoms with E-state index in [1.807, 2.05) is 0 Å². The van der Waals surface area contributed by atoms with Gasteiger partial charge in [-0.15, -0.1) is 0 Å². The van der Waals surface area contributed by atoms with Crippen molar-refractivity contribution >= 4 is 29.8 Å². The van der Waals surface area contributed by atoms with Crippen LogP contribution in [0.1, 0.15) is 27.7 Å². The van der Waals surface area contributed by atoms with Crippen molar-refractivity contribution in [2.75, 3.05) is 13.3 Å². The zero-order valence-electron chi connectivity index (χ0n) is 15.8. The smallest absolute Gasteiger partial charge is 0.305 e. The standard InChI is InChI=1S/C16H22FNO10/c1-7(19)24-6-11-14(25-8(2)20)15(26-9(3)21)13(18-12(23)5-17)16(28-11)27-10(4)22/h11,13-16H,5-6H2,1-4H3,(H,18,23)/t11-,13-,14-,15-,16-/m1/s1. The zero-order valence-corrected chi connectivity index (χ0v) is 15.8. The summed E-state index contributed by atoms with van der Waals surface area (Å²) in [7, 11) is 0. The minimum atomic E-state index is -1.54. The summed E-state index contributed by atoms with van der Waals surface area (Å²) < 4.78 is 38.3. The summed E-state index contributed by atoms with van der Waals surface area (Å²) in [6.07, 6.45) is -5.52. The van der Waals surface area contributed by atoms with Gasteiger partial charge in [0.15, 0.2) is 18.9 Å². The molecule has 1 amide bonds. The van der Waals surface area contributed by atoms with Crippen LogP contribution in [0.15, 0.2) is 0 Å². The number of hydrogen-bond acceptors (Lipinski definition) is 10. The van der Waals surface area contributed by atoms with Crippen LogP contribution in [0, 0.1) is 0 Å². The first-order valence-electron chi connectivity index (χ1n) is 8.21. The molecule has 0 radical (unpaired) electrons. The minimum Gasteiger partial charge on any atom is -0.463 e. The van der Waals surface area contributed by atoms with Gasteiger partial charge in [-0.25, -0.2) is 4.39 Å². The molecule has 0 aromatic carbocycles. The average Bonchev–Trinajstić information content (AvgIpc) is 2.56. The summed E-state index contributed by atoms with van der Waals surface area (Å²) in [5.74, 6) is -4.21. The van der Waals surface area contributed by atoms with Crippen molar-refractivity contribution in [3.8, 4) is 0 Å². The highest BCUT2D eigenvalue weighted by Crippen LogP contribution is 2.28. The van der Waals surface area contributed by atoms with Crippen LogP contribution in [0.2, 0.25) is 0 Å². The molecule has 11 nitrogen and oxygen atoms in total. The molecule has 1 saturated heterocycles. The van der Waals surface area contributed by atoms with E-state index in [1.165, 1.54) is 0 Å². The van der Waals surface area contributed by atoms with Gasteiger partial charge in [0.2, 0.25) is 6.29 Å². The first-order valence-corrected chi connectivity index (χ1v) is 8.21. The van der Waals surface area contributed by atoms with E-state index in [0.29, 0.717) is 0 Å². The van der Waals surface area contributed by atoms with E-state index in [-0.39, 0.29) is 0 Å². The fourth-order valence-corrected chi connectivity index (χ4v) is 2.54. The fourth-order valence-electron chi connectivity index (χ4n) is 2.54. The molecular formula is C16H22FNO10. The molecule has 1 aliphatic heterocycles. The van der Waals surface area contributed by atoms with Gasteiger partial charge >= 0.3 is 23.9 Å². The molecular weight excluding hydrogens is 385 g/mol. The van der Waals surface area contributed by atoms with Gasteiger partial charge in [-0.3, -0.25) is 24.0 Å². The number of nitrogens with one attached hydrogen (secondary N) is 1. The number of alkyl halides is 1. The van der Waals surface area contributed by atoms with Crippen molar-refractivity contribution < 1.29 is 52.0 Å². The number of carbonyl (C=O) groups excluding carboxylic acids is 5. The van der Waals surface area contributed by atoms with Crippen LogP contribution in [0.5, 0.6) is 0 Å². The predicted molar refractivity (Wildman–Crippen MR) is 86.1 cm³/mol. The molecule has 12 heteroatoms. The van der Waals surface area contributed by atoms with E-state index in [1.54, 1.807) is 0 Å². The Hall–Kier alpha value is -2.76. The lowest BCUT2D eigenvalue weighted by Gasteiger charge is -2.44. The van der Waals surface area contributed by atoms with E-state index < -0.39 is 73.7 Å². The van der Waals surface area contributed by atoms with Crippen LogP contribution in [0.3, 0.4) is 0 Å². The number of ether oxygens (including phenoxy) is 5. The lowest BCUT2D eigenvalue weighted by Crippen LogP contribution is -2.67. The van der Waals surface area contributed by atoms with E-state index in [0.717, 1.165) is 27.7 Å². The fraction of sp³-hybridized carbons (Fsp3) is 0.688. The van der Waals surface area contributed by atoms with Crippen molar-refractivity contribution in [1.82, 2.24) is 5.32 Å². The van der Waals surface area contributed by atoms with E-state index in [2.05, 4.69) is 5.32 Å². The van der Waals surface area contributed by atoms with Crippen LogP contribution in [-0.4, -0.2) is 73.7 Å². The highest BCUT2D eigenvalue weighted by Gasteiger charge is 2.52. The summed E-state index contributed by atoms with van der Waals surface area (Å²) in [5, 5.41) is 2.18. The molecule has 1 aliphatic rings. The van der Waals surface area contributed by atoms with Crippen LogP contribution in [0.4, 0.5) is 4.39 Å². The Kier molecular flexibility index (Phi) is 8.76. The summed E-state index contributed by atoms with van der Waals surface area (Å²) >= 11 is 0. The van der Waals surface area contributed by atoms with Gasteiger partial charge in [-0.2, -0.15) is 0 Å². The van der Waals surface area contributed by atoms with Gasteiger partial charge < -0.3 is 29.0 Å². The number of esters is 4. The highest BCUT2D eigenvalue weighted by atomic mass is 19.1. The van der Waals surface area contributed by atoms with Crippen LogP contribution < -0.4 is 5.32 Å². The van der Waals surface area contributed by atoms with Crippen molar-refractivity contribution in [3.63, 3.8) is 0 Å². The quantitative estimate of drug-likeness (QED) is 0.419. The third kappa shape index (κ3) is 7.10. The molecule has 0 saturated carbocycles. The van der Waals surface area contributed by atoms with Gasteiger partial charge in [0.25, 0.3) is 5.91 Å². The van der Waals surface area contributed by atoms with Crippen LogP contribution >= 0.6 is 0 Å². The second-order valence-electron chi connectivity index (χ2n) is 5.83. The maximum atomic E-state index is 12.7. The second-order valence-corrected chi connectivity index (χ2v) is 5.83. The summed E-state index contributed by atoms with van der Waals surface area (Å²) in [4.78, 5) is 57.2. The number of amides is 1. The molecule has 0 aliphatic carbocycles. The maximum absolute atomic E-state index is 12.7. The molecule has 1 fully saturated rings. The molecule has 5 atom stereocenters. The number of carbonyl (C=O) groups is 5. The molecule has 158 valence electrons. The molecule has 1 heterocycles. The molecule has 1 rings (SSSR count). The first kappa shape index (κ1) is 23.3. The zero-order chi connectivity index (χ0) is 21.4. The lowest BCUT2D eigenvalue weighted by atomic mass is 9.96. The Morgan fingerprint density at radius 3 is 1.86 bits per heavy atom. The normalized spacial score (nSPS) is 26.5. The minimum absolute atomic E-state index is 0.438. The van der Waals surface area contributed by atoms with Gasteiger partial charge in [-0.05, 0) is 0 Å². The first-order chi connectivity index (χ1) is 13.0. The molecule has 0 aromatic heterocycles. The van der Waals surface area contributed by atoms with Crippen LogP contribution in [-0.2, 0) is 47.7 Å². The Morgan fingerprint density at radius 2 is 1.39 bits per heavy atom. The Morgan fingerprint density at radius 1 is 0.857 bits per heavy atom. The van der Waals surface area contributed by atoms with E-state index in [4.69, 9.17) is 23.7 Å². The lowest BCUT2D eigenvalue weighted by molar-refractivity contribution is -0.271. The topological polar surface area (TPSA) is 144 Å². The van der Waals surface area contributed by atoms with E-state index in [9.17, 15) is 28.4 Å². The van der Waals surface area contributed by atoms with Crippen molar-refractivity contribution in [2.45, 2.75) is 58.3 Å². The monoisotopic (exact) mass is 407 g/mol. The maximum Gasteiger partial charge on any atom is 0.305 e. The molecule has 0 bridgehead atoms. The van der Waals surface area contributed by atoms with Crippen molar-refractivity contribution in [3.05, 3.63) is 0 Å². The number of hydrogen-bond donors (Lipinski definition) is 1. The van der Waals surface area contributed by atoms with Gasteiger partial charge in [0.1, 0.15) is 18.8 Å². The number of halogens is 1. The highest BCUT2D eigenvalue weighted by molar-refractivity contribution is 5.77. The predicted octanol–water partition coefficient (Wildman–Crippen LogP) is -0.845. The van der Waals surface area contributed by atoms with E-state index >= 15 is 0 Å². The Labute approximate surface area is 159 Å². The SMILES string of the molecule is CC(=O)OC[C@H]1O[C@@H](OC(C)=O)[C@H](NC(=O)CF)[C@@H](OC(C)=O)[C@@H]1OC(C)=O. The molecule has 0 unspecified atom stereocenters. The molecule has 28 heavy (non-hydrogen) atoms. The third-order valence-corrected chi connectivity index (χ3v) is 3.43. The second kappa shape index (κ2) is 10.5. The largest absolute Gasteiger partial charge is 0.463 e. The third-order valence-electron chi connectivity index (χ3n) is 3.43. The van der Waals surface area contributed by atoms with Crippen LogP contribution in [0.25, 0.3) is 0 Å². The summed E-state index contributed by atoms with van der Waals surface area (Å²) in [6.45, 7) is 2.45. The van der Waals surface area contributed by atoms with Gasteiger partial charge in [0, 0.05) is 27.7 Å². The Balaban J connectivity index is 3.31.